The van der Waals surface area contributed by atoms with E-state index in [1.54, 1.807) is 14.0 Å². The van der Waals surface area contributed by atoms with Gasteiger partial charge in [-0.15, -0.1) is 0 Å². The van der Waals surface area contributed by atoms with E-state index in [0.29, 0.717) is 19.4 Å². The Morgan fingerprint density at radius 1 is 1.37 bits per heavy atom. The molecule has 0 radical (unpaired) electrons. The van der Waals surface area contributed by atoms with Crippen molar-refractivity contribution >= 4 is 0 Å². The van der Waals surface area contributed by atoms with Crippen LogP contribution in [-0.4, -0.2) is 48.0 Å². The zero-order valence-corrected chi connectivity index (χ0v) is 11.7. The van der Waals surface area contributed by atoms with E-state index < -0.39 is 5.60 Å². The van der Waals surface area contributed by atoms with Gasteiger partial charge in [0.25, 0.3) is 0 Å². The average molecular weight is 265 g/mol. The normalized spacial score (nSPS) is 21.1. The molecule has 4 heteroatoms. The van der Waals surface area contributed by atoms with E-state index in [1.807, 2.05) is 24.3 Å². The van der Waals surface area contributed by atoms with Gasteiger partial charge < -0.3 is 19.8 Å². The molecule has 19 heavy (non-hydrogen) atoms. The number of aliphatic hydroxyl groups excluding tert-OH is 1. The largest absolute Gasteiger partial charge is 0.497 e. The molecule has 1 heterocycles. The van der Waals surface area contributed by atoms with Crippen LogP contribution in [0.2, 0.25) is 0 Å². The Morgan fingerprint density at radius 3 is 2.63 bits per heavy atom. The van der Waals surface area contributed by atoms with Crippen molar-refractivity contribution in [2.75, 3.05) is 26.7 Å². The van der Waals surface area contributed by atoms with Crippen molar-refractivity contribution < 1.29 is 14.9 Å². The van der Waals surface area contributed by atoms with Crippen LogP contribution in [0.5, 0.6) is 5.75 Å². The van der Waals surface area contributed by atoms with Gasteiger partial charge in [-0.3, -0.25) is 0 Å². The van der Waals surface area contributed by atoms with Crippen LogP contribution in [-0.2, 0) is 5.60 Å². The van der Waals surface area contributed by atoms with E-state index in [9.17, 15) is 10.2 Å². The molecule has 2 rings (SSSR count). The third kappa shape index (κ3) is 3.47. The summed E-state index contributed by atoms with van der Waals surface area (Å²) in [6.07, 6.45) is 1.06. The summed E-state index contributed by atoms with van der Waals surface area (Å²) in [5.74, 6) is 0.775. The molecule has 1 fully saturated rings. The number of piperidine rings is 1. The maximum Gasteiger partial charge on any atom is 0.119 e. The van der Waals surface area contributed by atoms with E-state index >= 15 is 0 Å². The molecule has 2 N–H and O–H groups in total. The Labute approximate surface area is 114 Å². The predicted octanol–water partition coefficient (Wildman–Crippen LogP) is 1.36. The number of nitrogens with zero attached hydrogens (tertiary/aromatic N) is 1. The van der Waals surface area contributed by atoms with Gasteiger partial charge in [-0.25, -0.2) is 0 Å². The van der Waals surface area contributed by atoms with Crippen molar-refractivity contribution in [3.05, 3.63) is 29.8 Å². The first kappa shape index (κ1) is 14.3. The highest BCUT2D eigenvalue weighted by atomic mass is 16.5. The molecular formula is C15H23NO3. The number of likely N-dealkylation sites (tertiary alicyclic amines) is 1. The molecule has 4 nitrogen and oxygen atoms in total. The average Bonchev–Trinajstić information content (AvgIpc) is 2.41. The van der Waals surface area contributed by atoms with Crippen LogP contribution in [0.15, 0.2) is 24.3 Å². The lowest BCUT2D eigenvalue weighted by Gasteiger charge is -2.39. The Bertz CT molecular complexity index is 412. The Morgan fingerprint density at radius 2 is 2.05 bits per heavy atom. The van der Waals surface area contributed by atoms with Gasteiger partial charge in [-0.1, -0.05) is 12.1 Å². The summed E-state index contributed by atoms with van der Waals surface area (Å²) < 4.78 is 5.21. The van der Waals surface area contributed by atoms with Gasteiger partial charge in [0.1, 0.15) is 5.75 Å². The summed E-state index contributed by atoms with van der Waals surface area (Å²) in [5.41, 5.74) is 0.146. The number of rotatable bonds is 4. The molecule has 0 amide bonds. The van der Waals surface area contributed by atoms with E-state index in [1.165, 1.54) is 0 Å². The summed E-state index contributed by atoms with van der Waals surface area (Å²) in [7, 11) is 1.63. The minimum atomic E-state index is -0.774. The van der Waals surface area contributed by atoms with Crippen LogP contribution < -0.4 is 4.74 Å². The van der Waals surface area contributed by atoms with Gasteiger partial charge in [0.2, 0.25) is 0 Å². The number of methoxy groups -OCH3 is 1. The van der Waals surface area contributed by atoms with Gasteiger partial charge >= 0.3 is 0 Å². The second-order valence-corrected chi connectivity index (χ2v) is 5.41. The zero-order chi connectivity index (χ0) is 13.9. The summed E-state index contributed by atoms with van der Waals surface area (Å²) in [6.45, 7) is 4.08. The molecule has 1 aromatic rings. The Hall–Kier alpha value is -1.10. The summed E-state index contributed by atoms with van der Waals surface area (Å²) in [5, 5.41) is 20.2. The molecule has 0 saturated carbocycles. The maximum atomic E-state index is 10.8. The molecule has 1 atom stereocenters. The van der Waals surface area contributed by atoms with Gasteiger partial charge in [0.05, 0.1) is 18.8 Å². The number of aliphatic hydroxyl groups is 2. The molecule has 1 aliphatic rings. The van der Waals surface area contributed by atoms with Crippen LogP contribution >= 0.6 is 0 Å². The number of hydrogen-bond donors (Lipinski definition) is 2. The van der Waals surface area contributed by atoms with Gasteiger partial charge in [0, 0.05) is 19.6 Å². The van der Waals surface area contributed by atoms with E-state index in [-0.39, 0.29) is 6.10 Å². The van der Waals surface area contributed by atoms with Crippen LogP contribution in [0.4, 0.5) is 0 Å². The van der Waals surface area contributed by atoms with Crippen LogP contribution in [0.3, 0.4) is 0 Å². The standard InChI is InChI=1S/C15H23NO3/c1-12(17)11-16-8-6-15(18,7-9-16)13-4-3-5-14(10-13)19-2/h3-5,10,12,17-18H,6-9,11H2,1-2H3. The Balaban J connectivity index is 2.04. The first-order chi connectivity index (χ1) is 9.03. The predicted molar refractivity (Wildman–Crippen MR) is 74.2 cm³/mol. The van der Waals surface area contributed by atoms with Gasteiger partial charge in [-0.05, 0) is 37.5 Å². The number of ether oxygens (including phenoxy) is 1. The maximum absolute atomic E-state index is 10.8. The molecule has 0 aromatic heterocycles. The first-order valence-electron chi connectivity index (χ1n) is 6.81. The van der Waals surface area contributed by atoms with Crippen molar-refractivity contribution in [3.8, 4) is 5.75 Å². The molecule has 1 aliphatic heterocycles. The Kier molecular flexibility index (Phi) is 4.45. The van der Waals surface area contributed by atoms with Crippen molar-refractivity contribution in [3.63, 3.8) is 0 Å². The summed E-state index contributed by atoms with van der Waals surface area (Å²) >= 11 is 0. The lowest BCUT2D eigenvalue weighted by molar-refractivity contribution is -0.0331. The van der Waals surface area contributed by atoms with Crippen LogP contribution in [0.25, 0.3) is 0 Å². The minimum absolute atomic E-state index is 0.317. The SMILES string of the molecule is COc1cccc(C2(O)CCN(CC(C)O)CC2)c1. The minimum Gasteiger partial charge on any atom is -0.497 e. The van der Waals surface area contributed by atoms with Crippen molar-refractivity contribution in [2.45, 2.75) is 31.5 Å². The van der Waals surface area contributed by atoms with Crippen molar-refractivity contribution in [2.24, 2.45) is 0 Å². The first-order valence-corrected chi connectivity index (χ1v) is 6.81. The van der Waals surface area contributed by atoms with E-state index in [0.717, 1.165) is 24.4 Å². The molecular weight excluding hydrogens is 242 g/mol. The fraction of sp³-hybridized carbons (Fsp3) is 0.600. The van der Waals surface area contributed by atoms with Gasteiger partial charge in [-0.2, -0.15) is 0 Å². The molecule has 1 unspecified atom stereocenters. The summed E-state index contributed by atoms with van der Waals surface area (Å²) in [4.78, 5) is 2.19. The highest BCUT2D eigenvalue weighted by Gasteiger charge is 2.34. The summed E-state index contributed by atoms with van der Waals surface area (Å²) in [6, 6.07) is 7.65. The number of β-amino-alcohol motifs (C(OH)–C–C–N with tert-alkyl or cyclic N) is 1. The third-order valence-corrected chi connectivity index (χ3v) is 3.81. The molecule has 106 valence electrons. The molecule has 1 saturated heterocycles. The van der Waals surface area contributed by atoms with E-state index in [4.69, 9.17) is 4.74 Å². The highest BCUT2D eigenvalue weighted by molar-refractivity contribution is 5.32. The molecule has 0 bridgehead atoms. The quantitative estimate of drug-likeness (QED) is 0.863. The second-order valence-electron chi connectivity index (χ2n) is 5.41. The molecule has 0 aliphatic carbocycles. The second kappa shape index (κ2) is 5.90. The smallest absolute Gasteiger partial charge is 0.119 e. The van der Waals surface area contributed by atoms with Crippen LogP contribution in [0.1, 0.15) is 25.3 Å². The van der Waals surface area contributed by atoms with Crippen molar-refractivity contribution in [1.82, 2.24) is 4.90 Å². The lowest BCUT2D eigenvalue weighted by Crippen LogP contribution is -2.44. The fourth-order valence-corrected chi connectivity index (χ4v) is 2.68. The number of benzene rings is 1. The zero-order valence-electron chi connectivity index (χ0n) is 11.7. The monoisotopic (exact) mass is 265 g/mol. The number of hydrogen-bond acceptors (Lipinski definition) is 4. The third-order valence-electron chi connectivity index (χ3n) is 3.81. The lowest BCUT2D eigenvalue weighted by atomic mass is 9.84. The van der Waals surface area contributed by atoms with Crippen LogP contribution in [0, 0.1) is 0 Å². The van der Waals surface area contributed by atoms with Gasteiger partial charge in [0.15, 0.2) is 0 Å². The topological polar surface area (TPSA) is 52.9 Å². The van der Waals surface area contributed by atoms with E-state index in [2.05, 4.69) is 4.90 Å². The van der Waals surface area contributed by atoms with Crippen molar-refractivity contribution in [1.29, 1.82) is 0 Å². The molecule has 1 aromatic carbocycles. The fourth-order valence-electron chi connectivity index (χ4n) is 2.68. The highest BCUT2D eigenvalue weighted by Crippen LogP contribution is 2.34. The molecule has 0 spiro atoms.